The van der Waals surface area contributed by atoms with Gasteiger partial charge in [0.1, 0.15) is 0 Å². The third-order valence-corrected chi connectivity index (χ3v) is 4.38. The lowest BCUT2D eigenvalue weighted by atomic mass is 10.1. The van der Waals surface area contributed by atoms with Crippen LogP contribution in [0.2, 0.25) is 0 Å². The summed E-state index contributed by atoms with van der Waals surface area (Å²) in [6.45, 7) is 4.57. The zero-order valence-corrected chi connectivity index (χ0v) is 14.2. The molecule has 2 aromatic carbocycles. The molecule has 8 heteroatoms. The minimum Gasteiger partial charge on any atom is -0.334 e. The Labute approximate surface area is 148 Å². The first kappa shape index (κ1) is 15.9. The van der Waals surface area contributed by atoms with E-state index in [0.29, 0.717) is 17.0 Å². The fraction of sp³-hybridized carbons (Fsp3) is 0.167. The number of imidazole rings is 1. The van der Waals surface area contributed by atoms with Crippen molar-refractivity contribution in [3.8, 4) is 22.8 Å². The molecule has 0 saturated heterocycles. The lowest BCUT2D eigenvalue weighted by Gasteiger charge is -2.01. The fourth-order valence-corrected chi connectivity index (χ4v) is 2.96. The van der Waals surface area contributed by atoms with Gasteiger partial charge in [-0.1, -0.05) is 11.2 Å². The van der Waals surface area contributed by atoms with Crippen molar-refractivity contribution in [2.75, 3.05) is 0 Å². The van der Waals surface area contributed by atoms with Crippen molar-refractivity contribution in [3.63, 3.8) is 0 Å². The summed E-state index contributed by atoms with van der Waals surface area (Å²) in [4.78, 5) is 19.5. The number of hydrogen-bond acceptors (Lipinski definition) is 6. The minimum atomic E-state index is -0.423. The molecule has 2 aromatic heterocycles. The number of hydrogen-bond donors (Lipinski definition) is 0. The topological polar surface area (TPSA) is 99.9 Å². The van der Waals surface area contributed by atoms with Crippen molar-refractivity contribution in [2.24, 2.45) is 0 Å². The Balaban J connectivity index is 1.75. The van der Waals surface area contributed by atoms with Crippen LogP contribution in [0.5, 0.6) is 0 Å². The average molecular weight is 349 g/mol. The van der Waals surface area contributed by atoms with Crippen LogP contribution >= 0.6 is 0 Å². The molecule has 4 rings (SSSR count). The van der Waals surface area contributed by atoms with Gasteiger partial charge in [-0.2, -0.15) is 4.98 Å². The molecule has 4 aromatic rings. The first-order valence-electron chi connectivity index (χ1n) is 8.12. The minimum absolute atomic E-state index is 0.0220. The third-order valence-electron chi connectivity index (χ3n) is 4.38. The van der Waals surface area contributed by atoms with E-state index < -0.39 is 4.92 Å². The Bertz CT molecular complexity index is 1130. The number of rotatable bonds is 4. The molecular formula is C18H15N5O3. The number of nitro benzene ring substituents is 1. The summed E-state index contributed by atoms with van der Waals surface area (Å²) >= 11 is 0. The molecule has 26 heavy (non-hydrogen) atoms. The summed E-state index contributed by atoms with van der Waals surface area (Å²) in [5, 5.41) is 15.1. The van der Waals surface area contributed by atoms with E-state index in [1.807, 2.05) is 22.8 Å². The predicted molar refractivity (Wildman–Crippen MR) is 95.5 cm³/mol. The Hall–Kier alpha value is -3.55. The Kier molecular flexibility index (Phi) is 3.72. The van der Waals surface area contributed by atoms with Crippen molar-refractivity contribution in [1.82, 2.24) is 19.7 Å². The van der Waals surface area contributed by atoms with Gasteiger partial charge in [0.05, 0.1) is 22.3 Å². The van der Waals surface area contributed by atoms with E-state index in [1.165, 1.54) is 6.07 Å². The van der Waals surface area contributed by atoms with Gasteiger partial charge in [0.15, 0.2) is 0 Å². The molecule has 0 aliphatic carbocycles. The highest BCUT2D eigenvalue weighted by molar-refractivity contribution is 5.81. The average Bonchev–Trinajstić information content (AvgIpc) is 3.28. The first-order chi connectivity index (χ1) is 12.6. The largest absolute Gasteiger partial charge is 0.334 e. The van der Waals surface area contributed by atoms with E-state index in [9.17, 15) is 10.1 Å². The Morgan fingerprint density at radius 1 is 1.27 bits per heavy atom. The molecule has 0 saturated carbocycles. The maximum atomic E-state index is 11.1. The standard InChI is InChI=1S/C18H15N5O3/c1-3-22-10-19-14-9-12(7-8-16(14)22)17-20-18(26-21-17)13-5-4-6-15(11(13)2)23(24)25/h4-10H,3H2,1-2H3. The maximum absolute atomic E-state index is 11.1. The fourth-order valence-electron chi connectivity index (χ4n) is 2.96. The molecule has 0 amide bonds. The summed E-state index contributed by atoms with van der Waals surface area (Å²) in [6.07, 6.45) is 1.79. The Morgan fingerprint density at radius 2 is 2.12 bits per heavy atom. The van der Waals surface area contributed by atoms with E-state index in [0.717, 1.165) is 23.1 Å². The summed E-state index contributed by atoms with van der Waals surface area (Å²) in [5.41, 5.74) is 3.72. The summed E-state index contributed by atoms with van der Waals surface area (Å²) in [5.74, 6) is 0.666. The molecular weight excluding hydrogens is 334 g/mol. The van der Waals surface area contributed by atoms with Gasteiger partial charge in [0.25, 0.3) is 11.6 Å². The van der Waals surface area contributed by atoms with Crippen molar-refractivity contribution in [1.29, 1.82) is 0 Å². The monoisotopic (exact) mass is 349 g/mol. The second-order valence-electron chi connectivity index (χ2n) is 5.86. The van der Waals surface area contributed by atoms with Crippen LogP contribution < -0.4 is 0 Å². The van der Waals surface area contributed by atoms with Gasteiger partial charge < -0.3 is 9.09 Å². The number of nitro groups is 1. The van der Waals surface area contributed by atoms with Crippen LogP contribution in [0.15, 0.2) is 47.2 Å². The molecule has 0 unspecified atom stereocenters. The van der Waals surface area contributed by atoms with E-state index >= 15 is 0 Å². The Morgan fingerprint density at radius 3 is 2.88 bits per heavy atom. The second kappa shape index (κ2) is 6.07. The predicted octanol–water partition coefficient (Wildman–Crippen LogP) is 3.99. The molecule has 0 N–H and O–H groups in total. The zero-order chi connectivity index (χ0) is 18.3. The van der Waals surface area contributed by atoms with Crippen LogP contribution in [0.4, 0.5) is 5.69 Å². The molecule has 2 heterocycles. The van der Waals surface area contributed by atoms with E-state index in [4.69, 9.17) is 4.52 Å². The lowest BCUT2D eigenvalue weighted by molar-refractivity contribution is -0.385. The summed E-state index contributed by atoms with van der Waals surface area (Å²) in [7, 11) is 0. The molecule has 0 spiro atoms. The van der Waals surface area contributed by atoms with E-state index in [2.05, 4.69) is 22.0 Å². The van der Waals surface area contributed by atoms with Gasteiger partial charge in [-0.05, 0) is 38.1 Å². The van der Waals surface area contributed by atoms with Crippen LogP contribution in [-0.2, 0) is 6.54 Å². The molecule has 0 fully saturated rings. The van der Waals surface area contributed by atoms with Gasteiger partial charge in [-0.25, -0.2) is 4.98 Å². The third kappa shape index (κ3) is 2.52. The van der Waals surface area contributed by atoms with Crippen LogP contribution in [-0.4, -0.2) is 24.6 Å². The smallest absolute Gasteiger partial charge is 0.273 e. The molecule has 130 valence electrons. The number of aromatic nitrogens is 4. The van der Waals surface area contributed by atoms with Crippen molar-refractivity contribution in [3.05, 3.63) is 58.4 Å². The lowest BCUT2D eigenvalue weighted by Crippen LogP contribution is -1.93. The van der Waals surface area contributed by atoms with Gasteiger partial charge in [0.2, 0.25) is 5.82 Å². The van der Waals surface area contributed by atoms with Crippen molar-refractivity contribution < 1.29 is 9.45 Å². The molecule has 0 bridgehead atoms. The molecule has 8 nitrogen and oxygen atoms in total. The SMILES string of the molecule is CCn1cnc2cc(-c3noc(-c4cccc([N+](=O)[O-])c4C)n3)ccc21. The highest BCUT2D eigenvalue weighted by Gasteiger charge is 2.19. The number of aryl methyl sites for hydroxylation is 1. The molecule has 0 atom stereocenters. The van der Waals surface area contributed by atoms with Crippen LogP contribution in [0.3, 0.4) is 0 Å². The van der Waals surface area contributed by atoms with E-state index in [-0.39, 0.29) is 11.6 Å². The first-order valence-corrected chi connectivity index (χ1v) is 8.12. The highest BCUT2D eigenvalue weighted by atomic mass is 16.6. The van der Waals surface area contributed by atoms with Crippen LogP contribution in [0, 0.1) is 17.0 Å². The quantitative estimate of drug-likeness (QED) is 0.408. The van der Waals surface area contributed by atoms with Crippen LogP contribution in [0.1, 0.15) is 12.5 Å². The van der Waals surface area contributed by atoms with Crippen molar-refractivity contribution >= 4 is 16.7 Å². The zero-order valence-electron chi connectivity index (χ0n) is 14.2. The van der Waals surface area contributed by atoms with Gasteiger partial charge in [0, 0.05) is 29.3 Å². The summed E-state index contributed by atoms with van der Waals surface area (Å²) in [6, 6.07) is 10.6. The summed E-state index contributed by atoms with van der Waals surface area (Å²) < 4.78 is 7.40. The van der Waals surface area contributed by atoms with Gasteiger partial charge in [-0.15, -0.1) is 0 Å². The molecule has 0 radical (unpaired) electrons. The normalized spacial score (nSPS) is 11.2. The highest BCUT2D eigenvalue weighted by Crippen LogP contribution is 2.30. The maximum Gasteiger partial charge on any atom is 0.273 e. The molecule has 0 aliphatic heterocycles. The van der Waals surface area contributed by atoms with Crippen LogP contribution in [0.25, 0.3) is 33.9 Å². The number of benzene rings is 2. The van der Waals surface area contributed by atoms with E-state index in [1.54, 1.807) is 25.4 Å². The van der Waals surface area contributed by atoms with Gasteiger partial charge in [-0.3, -0.25) is 10.1 Å². The number of fused-ring (bicyclic) bond motifs is 1. The molecule has 0 aliphatic rings. The second-order valence-corrected chi connectivity index (χ2v) is 5.86. The number of nitrogens with zero attached hydrogens (tertiary/aromatic N) is 5. The van der Waals surface area contributed by atoms with Gasteiger partial charge >= 0.3 is 0 Å². The van der Waals surface area contributed by atoms with Crippen molar-refractivity contribution in [2.45, 2.75) is 20.4 Å².